The number of nitrogens with zero attached hydrogens (tertiary/aromatic N) is 1. The molecule has 10 heteroatoms. The third-order valence-electron chi connectivity index (χ3n) is 3.74. The topological polar surface area (TPSA) is 81.7 Å². The first-order valence-electron chi connectivity index (χ1n) is 7.94. The summed E-state index contributed by atoms with van der Waals surface area (Å²) >= 11 is 12.7. The number of benzene rings is 2. The molecule has 146 valence electrons. The minimum absolute atomic E-state index is 0.105. The number of methoxy groups -OCH3 is 3. The molecule has 3 rings (SSSR count). The lowest BCUT2D eigenvalue weighted by molar-refractivity contribution is 0.0977. The number of thiazole rings is 1. The van der Waals surface area contributed by atoms with E-state index in [4.69, 9.17) is 38.0 Å². The van der Waals surface area contributed by atoms with Gasteiger partial charge in [0, 0.05) is 5.56 Å². The molecular weight excluding hydrogens is 422 g/mol. The maximum Gasteiger partial charge on any atom is 0.257 e. The van der Waals surface area contributed by atoms with Crippen LogP contribution in [-0.4, -0.2) is 37.3 Å². The number of halogens is 1. The summed E-state index contributed by atoms with van der Waals surface area (Å²) in [6, 6.07) is 8.59. The molecule has 0 aliphatic rings. The molecule has 2 N–H and O–H groups in total. The van der Waals surface area contributed by atoms with Gasteiger partial charge < -0.3 is 19.5 Å². The highest BCUT2D eigenvalue weighted by Crippen LogP contribution is 2.38. The number of carbonyl (C=O) groups excluding carboxylic acids is 1. The van der Waals surface area contributed by atoms with Crippen LogP contribution in [0.4, 0.5) is 5.13 Å². The molecule has 0 bridgehead atoms. The first-order valence-corrected chi connectivity index (χ1v) is 9.54. The number of aromatic nitrogens is 1. The van der Waals surface area contributed by atoms with Gasteiger partial charge in [-0.25, -0.2) is 4.98 Å². The summed E-state index contributed by atoms with van der Waals surface area (Å²) in [6.07, 6.45) is 0. The fourth-order valence-electron chi connectivity index (χ4n) is 2.48. The van der Waals surface area contributed by atoms with Gasteiger partial charge in [-0.1, -0.05) is 29.0 Å². The number of ether oxygens (including phenoxy) is 3. The number of para-hydroxylation sites is 1. The van der Waals surface area contributed by atoms with Crippen LogP contribution in [0.15, 0.2) is 30.3 Å². The minimum atomic E-state index is -0.434. The van der Waals surface area contributed by atoms with Crippen LogP contribution in [-0.2, 0) is 0 Å². The average Bonchev–Trinajstić information content (AvgIpc) is 3.10. The van der Waals surface area contributed by atoms with Gasteiger partial charge in [-0.3, -0.25) is 10.1 Å². The van der Waals surface area contributed by atoms with Gasteiger partial charge in [-0.05, 0) is 36.5 Å². The lowest BCUT2D eigenvalue weighted by Crippen LogP contribution is -2.34. The molecule has 3 aromatic rings. The summed E-state index contributed by atoms with van der Waals surface area (Å²) in [6.45, 7) is 0. The first-order chi connectivity index (χ1) is 13.5. The number of hydrogen-bond acceptors (Lipinski definition) is 7. The molecule has 2 aromatic carbocycles. The van der Waals surface area contributed by atoms with Crippen LogP contribution in [0.25, 0.3) is 10.2 Å². The van der Waals surface area contributed by atoms with Gasteiger partial charge in [0.25, 0.3) is 5.91 Å². The van der Waals surface area contributed by atoms with E-state index in [-0.39, 0.29) is 5.11 Å². The van der Waals surface area contributed by atoms with Crippen molar-refractivity contribution >= 4 is 61.5 Å². The van der Waals surface area contributed by atoms with Crippen molar-refractivity contribution in [2.45, 2.75) is 0 Å². The van der Waals surface area contributed by atoms with E-state index in [1.807, 2.05) is 12.1 Å². The average molecular weight is 438 g/mol. The molecule has 0 spiro atoms. The van der Waals surface area contributed by atoms with E-state index >= 15 is 0 Å². The Balaban J connectivity index is 1.76. The van der Waals surface area contributed by atoms with Gasteiger partial charge in [0.15, 0.2) is 21.7 Å². The summed E-state index contributed by atoms with van der Waals surface area (Å²) in [4.78, 5) is 17.0. The minimum Gasteiger partial charge on any atom is -0.493 e. The van der Waals surface area contributed by atoms with Crippen LogP contribution in [0.5, 0.6) is 17.2 Å². The zero-order chi connectivity index (χ0) is 20.3. The van der Waals surface area contributed by atoms with Crippen molar-refractivity contribution in [3.05, 3.63) is 40.9 Å². The Kier molecular flexibility index (Phi) is 6.18. The predicted molar refractivity (Wildman–Crippen MR) is 114 cm³/mol. The molecule has 0 atom stereocenters. The van der Waals surface area contributed by atoms with Crippen molar-refractivity contribution in [2.24, 2.45) is 0 Å². The Morgan fingerprint density at radius 2 is 1.82 bits per heavy atom. The zero-order valence-corrected chi connectivity index (χ0v) is 17.6. The lowest BCUT2D eigenvalue weighted by Gasteiger charge is -2.14. The molecule has 1 aromatic heterocycles. The van der Waals surface area contributed by atoms with E-state index in [2.05, 4.69) is 15.6 Å². The van der Waals surface area contributed by atoms with Gasteiger partial charge in [-0.2, -0.15) is 0 Å². The highest BCUT2D eigenvalue weighted by atomic mass is 35.5. The Bertz CT molecular complexity index is 1030. The lowest BCUT2D eigenvalue weighted by atomic mass is 10.1. The smallest absolute Gasteiger partial charge is 0.257 e. The summed E-state index contributed by atoms with van der Waals surface area (Å²) in [7, 11) is 4.44. The number of hydrogen-bond donors (Lipinski definition) is 2. The molecular formula is C18H16ClN3O4S2. The monoisotopic (exact) mass is 437 g/mol. The largest absolute Gasteiger partial charge is 0.493 e. The summed E-state index contributed by atoms with van der Waals surface area (Å²) in [5, 5.41) is 6.69. The fraction of sp³-hybridized carbons (Fsp3) is 0.167. The number of anilines is 1. The summed E-state index contributed by atoms with van der Waals surface area (Å²) in [5.74, 6) is 0.697. The van der Waals surface area contributed by atoms with E-state index in [1.165, 1.54) is 44.8 Å². The van der Waals surface area contributed by atoms with Gasteiger partial charge in [0.1, 0.15) is 5.52 Å². The summed E-state index contributed by atoms with van der Waals surface area (Å²) in [5.41, 5.74) is 0.974. The Labute approximate surface area is 175 Å². The van der Waals surface area contributed by atoms with Crippen LogP contribution < -0.4 is 24.8 Å². The molecule has 0 aliphatic heterocycles. The molecule has 1 heterocycles. The van der Waals surface area contributed by atoms with Crippen molar-refractivity contribution in [3.63, 3.8) is 0 Å². The highest BCUT2D eigenvalue weighted by molar-refractivity contribution is 7.80. The molecule has 7 nitrogen and oxygen atoms in total. The first kappa shape index (κ1) is 20.1. The normalized spacial score (nSPS) is 10.4. The van der Waals surface area contributed by atoms with Crippen LogP contribution in [0, 0.1) is 0 Å². The second-order valence-corrected chi connectivity index (χ2v) is 7.27. The number of nitrogens with one attached hydrogen (secondary N) is 2. The van der Waals surface area contributed by atoms with E-state index < -0.39 is 5.91 Å². The predicted octanol–water partition coefficient (Wildman–Crippen LogP) is 4.10. The van der Waals surface area contributed by atoms with Crippen LogP contribution in [0.3, 0.4) is 0 Å². The van der Waals surface area contributed by atoms with Crippen LogP contribution in [0.2, 0.25) is 5.02 Å². The molecule has 0 unspecified atom stereocenters. The quantitative estimate of drug-likeness (QED) is 0.581. The maximum atomic E-state index is 12.6. The molecule has 0 fully saturated rings. The molecule has 0 saturated carbocycles. The van der Waals surface area contributed by atoms with E-state index in [1.54, 1.807) is 6.07 Å². The second kappa shape index (κ2) is 8.59. The van der Waals surface area contributed by atoms with Crippen molar-refractivity contribution in [2.75, 3.05) is 26.6 Å². The molecule has 1 amide bonds. The van der Waals surface area contributed by atoms with E-state index in [9.17, 15) is 4.79 Å². The van der Waals surface area contributed by atoms with Gasteiger partial charge >= 0.3 is 0 Å². The van der Waals surface area contributed by atoms with Crippen molar-refractivity contribution < 1.29 is 19.0 Å². The molecule has 0 aliphatic carbocycles. The van der Waals surface area contributed by atoms with E-state index in [0.29, 0.717) is 38.5 Å². The Morgan fingerprint density at radius 3 is 2.39 bits per heavy atom. The zero-order valence-electron chi connectivity index (χ0n) is 15.2. The number of amides is 1. The third kappa shape index (κ3) is 4.11. The SMILES string of the molecule is COc1cc(C(=O)NC(=S)Nc2nc3c(Cl)cccc3s2)cc(OC)c1OC. The maximum absolute atomic E-state index is 12.6. The van der Waals surface area contributed by atoms with Gasteiger partial charge in [0.2, 0.25) is 5.75 Å². The standard InChI is InChI=1S/C18H16ClN3O4S2/c1-24-11-7-9(8-12(25-2)15(11)26-3)16(23)21-17(27)22-18-20-14-10(19)5-4-6-13(14)28-18/h4-8H,1-3H3,(H2,20,21,22,23,27). The highest BCUT2D eigenvalue weighted by Gasteiger charge is 2.18. The molecule has 28 heavy (non-hydrogen) atoms. The molecule has 0 saturated heterocycles. The third-order valence-corrected chi connectivity index (χ3v) is 5.19. The van der Waals surface area contributed by atoms with E-state index in [0.717, 1.165) is 4.70 Å². The molecule has 0 radical (unpaired) electrons. The van der Waals surface area contributed by atoms with Crippen molar-refractivity contribution in [1.29, 1.82) is 0 Å². The number of rotatable bonds is 5. The van der Waals surface area contributed by atoms with Crippen molar-refractivity contribution in [1.82, 2.24) is 10.3 Å². The second-order valence-electron chi connectivity index (χ2n) is 5.43. The Morgan fingerprint density at radius 1 is 1.14 bits per heavy atom. The Hall–Kier alpha value is -2.62. The number of thiocarbonyl (C=S) groups is 1. The summed E-state index contributed by atoms with van der Waals surface area (Å²) < 4.78 is 16.7. The van der Waals surface area contributed by atoms with Crippen molar-refractivity contribution in [3.8, 4) is 17.2 Å². The number of fused-ring (bicyclic) bond motifs is 1. The van der Waals surface area contributed by atoms with Gasteiger partial charge in [0.05, 0.1) is 31.1 Å². The van der Waals surface area contributed by atoms with Gasteiger partial charge in [-0.15, -0.1) is 0 Å². The number of carbonyl (C=O) groups is 1. The van der Waals surface area contributed by atoms with Crippen LogP contribution in [0.1, 0.15) is 10.4 Å². The fourth-order valence-corrected chi connectivity index (χ4v) is 3.91. The van der Waals surface area contributed by atoms with Crippen LogP contribution >= 0.6 is 35.2 Å².